The number of benzene rings is 1. The van der Waals surface area contributed by atoms with E-state index >= 15 is 0 Å². The van der Waals surface area contributed by atoms with Crippen LogP contribution in [0, 0.1) is 5.92 Å². The fraction of sp³-hybridized carbons (Fsp3) is 0.400. The van der Waals surface area contributed by atoms with Crippen molar-refractivity contribution in [3.8, 4) is 0 Å². The summed E-state index contributed by atoms with van der Waals surface area (Å²) in [6.07, 6.45) is 0.806. The van der Waals surface area contributed by atoms with Gasteiger partial charge in [-0.15, -0.1) is 0 Å². The van der Waals surface area contributed by atoms with Gasteiger partial charge in [-0.25, -0.2) is 9.97 Å². The second-order valence-corrected chi connectivity index (χ2v) is 9.22. The van der Waals surface area contributed by atoms with Crippen LogP contribution < -0.4 is 16.4 Å². The number of nitrogens with two attached hydrogens (primary N) is 1. The van der Waals surface area contributed by atoms with Crippen LogP contribution in [0.1, 0.15) is 25.8 Å². The lowest BCUT2D eigenvalue weighted by atomic mass is 10.0. The molecule has 0 spiro atoms. The van der Waals surface area contributed by atoms with Gasteiger partial charge in [0.15, 0.2) is 21.8 Å². The Morgan fingerprint density at radius 1 is 1.23 bits per heavy atom. The monoisotopic (exact) mass is 446 g/mol. The maximum absolute atomic E-state index is 11.1. The number of fused-ring (bicyclic) bond motifs is 1. The summed E-state index contributed by atoms with van der Waals surface area (Å²) >= 11 is 2.88. The average molecular weight is 447 g/mol. The molecule has 0 saturated carbocycles. The van der Waals surface area contributed by atoms with Gasteiger partial charge in [0.1, 0.15) is 4.70 Å². The number of thiazole rings is 1. The summed E-state index contributed by atoms with van der Waals surface area (Å²) in [6, 6.07) is 9.98. The van der Waals surface area contributed by atoms with Gasteiger partial charge in [0.2, 0.25) is 5.91 Å². The Labute approximate surface area is 183 Å². The molecule has 30 heavy (non-hydrogen) atoms. The second-order valence-electron chi connectivity index (χ2n) is 7.27. The Morgan fingerprint density at radius 3 is 2.67 bits per heavy atom. The lowest BCUT2D eigenvalue weighted by Gasteiger charge is -2.19. The van der Waals surface area contributed by atoms with E-state index in [0.29, 0.717) is 27.7 Å². The molecule has 3 aromatic rings. The summed E-state index contributed by atoms with van der Waals surface area (Å²) in [5.74, 6) is 1.33. The molecule has 2 aromatic heterocycles. The molecule has 1 amide bonds. The molecule has 0 aliphatic heterocycles. The number of hydrogen-bond acceptors (Lipinski definition) is 9. The molecule has 1 aromatic carbocycles. The van der Waals surface area contributed by atoms with E-state index < -0.39 is 5.91 Å². The first-order chi connectivity index (χ1) is 14.4. The molecule has 0 aliphatic carbocycles. The summed E-state index contributed by atoms with van der Waals surface area (Å²) in [7, 11) is 0. The third kappa shape index (κ3) is 6.28. The molecule has 0 aliphatic rings. The third-order valence-electron chi connectivity index (χ3n) is 4.18. The van der Waals surface area contributed by atoms with E-state index in [9.17, 15) is 9.90 Å². The van der Waals surface area contributed by atoms with Crippen LogP contribution in [0.3, 0.4) is 0 Å². The molecular formula is C20H26N6O2S2. The van der Waals surface area contributed by atoms with E-state index in [-0.39, 0.29) is 19.2 Å². The number of aliphatic hydroxyl groups is 1. The van der Waals surface area contributed by atoms with Gasteiger partial charge in [-0.2, -0.15) is 4.98 Å². The van der Waals surface area contributed by atoms with E-state index in [0.717, 1.165) is 16.9 Å². The minimum Gasteiger partial charge on any atom is -0.394 e. The van der Waals surface area contributed by atoms with E-state index in [2.05, 4.69) is 46.6 Å². The van der Waals surface area contributed by atoms with Crippen LogP contribution in [0.4, 0.5) is 10.9 Å². The number of aliphatic hydroxyl groups excluding tert-OH is 1. The van der Waals surface area contributed by atoms with Crippen molar-refractivity contribution in [2.45, 2.75) is 37.2 Å². The Kier molecular flexibility index (Phi) is 7.83. The lowest BCUT2D eigenvalue weighted by Crippen LogP contribution is -2.26. The number of anilines is 2. The molecule has 0 saturated heterocycles. The molecule has 10 heteroatoms. The lowest BCUT2D eigenvalue weighted by molar-refractivity contribution is -0.116. The molecule has 0 unspecified atom stereocenters. The topological polar surface area (TPSA) is 126 Å². The number of carbonyl (C=O) groups excluding carboxylic acids is 1. The van der Waals surface area contributed by atoms with Crippen molar-refractivity contribution in [2.24, 2.45) is 11.7 Å². The zero-order chi connectivity index (χ0) is 21.5. The van der Waals surface area contributed by atoms with Gasteiger partial charge in [-0.1, -0.05) is 67.3 Å². The van der Waals surface area contributed by atoms with Crippen molar-refractivity contribution in [1.82, 2.24) is 15.0 Å². The van der Waals surface area contributed by atoms with Crippen LogP contribution in [0.2, 0.25) is 0 Å². The van der Waals surface area contributed by atoms with E-state index in [1.54, 1.807) is 0 Å². The molecule has 0 bridgehead atoms. The summed E-state index contributed by atoms with van der Waals surface area (Å²) in [6.45, 7) is 4.22. The summed E-state index contributed by atoms with van der Waals surface area (Å²) < 4.78 is 0.772. The van der Waals surface area contributed by atoms with Crippen LogP contribution in [0.15, 0.2) is 35.5 Å². The molecule has 0 radical (unpaired) electrons. The summed E-state index contributed by atoms with van der Waals surface area (Å²) in [4.78, 5) is 24.9. The highest BCUT2D eigenvalue weighted by Crippen LogP contribution is 2.33. The van der Waals surface area contributed by atoms with Gasteiger partial charge in [-0.3, -0.25) is 4.79 Å². The van der Waals surface area contributed by atoms with Crippen LogP contribution in [-0.4, -0.2) is 45.2 Å². The second kappa shape index (κ2) is 10.6. The highest BCUT2D eigenvalue weighted by Gasteiger charge is 2.18. The normalized spacial score (nSPS) is 12.3. The zero-order valence-corrected chi connectivity index (χ0v) is 18.6. The highest BCUT2D eigenvalue weighted by molar-refractivity contribution is 7.98. The summed E-state index contributed by atoms with van der Waals surface area (Å²) in [5, 5.41) is 17.2. The first-order valence-electron chi connectivity index (χ1n) is 9.69. The number of rotatable bonds is 11. The zero-order valence-electron chi connectivity index (χ0n) is 17.0. The first kappa shape index (κ1) is 22.3. The quantitative estimate of drug-likeness (QED) is 0.261. The highest BCUT2D eigenvalue weighted by atomic mass is 32.2. The Hall–Kier alpha value is -2.43. The fourth-order valence-corrected chi connectivity index (χ4v) is 4.52. The predicted molar refractivity (Wildman–Crippen MR) is 123 cm³/mol. The van der Waals surface area contributed by atoms with Gasteiger partial charge >= 0.3 is 0 Å². The number of nitrogens with one attached hydrogen (secondary N) is 2. The molecule has 3 rings (SSSR count). The number of aromatic nitrogens is 3. The molecule has 1 atom stereocenters. The van der Waals surface area contributed by atoms with Crippen molar-refractivity contribution in [3.05, 3.63) is 35.9 Å². The van der Waals surface area contributed by atoms with E-state index in [1.165, 1.54) is 28.7 Å². The fourth-order valence-electron chi connectivity index (χ4n) is 2.87. The van der Waals surface area contributed by atoms with Crippen molar-refractivity contribution >= 4 is 50.3 Å². The third-order valence-corrected chi connectivity index (χ3v) is 6.10. The molecule has 160 valence electrons. The number of thioether (sulfide) groups is 1. The van der Waals surface area contributed by atoms with Crippen molar-refractivity contribution in [1.29, 1.82) is 0 Å². The van der Waals surface area contributed by atoms with E-state index in [1.807, 2.05) is 18.2 Å². The first-order valence-corrected chi connectivity index (χ1v) is 11.5. The number of carbonyl (C=O) groups is 1. The maximum atomic E-state index is 11.1. The molecule has 8 nitrogen and oxygen atoms in total. The van der Waals surface area contributed by atoms with Crippen LogP contribution in [0.25, 0.3) is 10.3 Å². The van der Waals surface area contributed by atoms with Gasteiger partial charge in [0.05, 0.1) is 19.2 Å². The average Bonchev–Trinajstić information content (AvgIpc) is 3.14. The number of primary amides is 1. The Morgan fingerprint density at radius 2 is 2.00 bits per heavy atom. The van der Waals surface area contributed by atoms with Crippen LogP contribution >= 0.6 is 23.1 Å². The van der Waals surface area contributed by atoms with Gasteiger partial charge in [-0.05, 0) is 17.9 Å². The van der Waals surface area contributed by atoms with Gasteiger partial charge in [0, 0.05) is 5.75 Å². The maximum Gasteiger partial charge on any atom is 0.236 e. The molecular weight excluding hydrogens is 420 g/mol. The van der Waals surface area contributed by atoms with Crippen LogP contribution in [-0.2, 0) is 10.5 Å². The van der Waals surface area contributed by atoms with Gasteiger partial charge in [0.25, 0.3) is 0 Å². The predicted octanol–water partition coefficient (Wildman–Crippen LogP) is 3.09. The summed E-state index contributed by atoms with van der Waals surface area (Å²) in [5.41, 5.74) is 6.94. The Balaban J connectivity index is 1.89. The van der Waals surface area contributed by atoms with Crippen molar-refractivity contribution in [3.63, 3.8) is 0 Å². The number of hydrogen-bond donors (Lipinski definition) is 4. The number of amides is 1. The number of nitrogens with zero attached hydrogens (tertiary/aromatic N) is 3. The smallest absolute Gasteiger partial charge is 0.236 e. The minimum absolute atomic E-state index is 0.00174. The largest absolute Gasteiger partial charge is 0.394 e. The molecule has 2 heterocycles. The van der Waals surface area contributed by atoms with Crippen LogP contribution in [0.5, 0.6) is 0 Å². The standard InChI is InChI=1S/C20H26N6O2S2/c1-12(2)8-14(10-27)23-17-16-18(24-19(30-16)22-9-15(21)28)26-20(25-17)29-11-13-6-4-3-5-7-13/h3-7,12,14,27H,8-11H2,1-2H3,(H2,21,28)(H2,22,23,24,25,26)/t14-/m1/s1. The molecule has 0 fully saturated rings. The van der Waals surface area contributed by atoms with E-state index in [4.69, 9.17) is 10.7 Å². The minimum atomic E-state index is -0.463. The van der Waals surface area contributed by atoms with Crippen molar-refractivity contribution < 1.29 is 9.90 Å². The Bertz CT molecular complexity index is 980. The SMILES string of the molecule is CC(C)C[C@H](CO)Nc1nc(SCc2ccccc2)nc2nc(NCC(N)=O)sc12. The van der Waals surface area contributed by atoms with Crippen molar-refractivity contribution in [2.75, 3.05) is 23.8 Å². The van der Waals surface area contributed by atoms with Gasteiger partial charge < -0.3 is 21.5 Å². The molecule has 5 N–H and O–H groups in total.